The molecule has 0 saturated carbocycles. The molecule has 0 aromatic heterocycles. The van der Waals surface area contributed by atoms with Crippen LogP contribution in [0.2, 0.25) is 0 Å². The maximum absolute atomic E-state index is 10.8. The Balaban J connectivity index is 2.40. The average Bonchev–Trinajstić information content (AvgIpc) is 2.39. The van der Waals surface area contributed by atoms with Crippen molar-refractivity contribution < 1.29 is 5.11 Å². The van der Waals surface area contributed by atoms with Gasteiger partial charge >= 0.3 is 0 Å². The zero-order valence-electron chi connectivity index (χ0n) is 11.9. The lowest BCUT2D eigenvalue weighted by Gasteiger charge is -2.35. The standard InChI is InChI=1S/C18H22O/c1-18(2,3)16(14-10-6-4-7-11-14)17(19)15-12-8-5-9-13-15/h4-13,16-17,19H,1-3H3. The lowest BCUT2D eigenvalue weighted by molar-refractivity contribution is 0.0893. The van der Waals surface area contributed by atoms with Crippen LogP contribution in [0.3, 0.4) is 0 Å². The molecule has 0 radical (unpaired) electrons. The highest BCUT2D eigenvalue weighted by molar-refractivity contribution is 5.28. The van der Waals surface area contributed by atoms with Crippen LogP contribution in [0.15, 0.2) is 60.7 Å². The predicted octanol–water partition coefficient (Wildman–Crippen LogP) is 4.55. The number of hydrogen-bond donors (Lipinski definition) is 1. The van der Waals surface area contributed by atoms with Crippen molar-refractivity contribution in [3.05, 3.63) is 71.8 Å². The number of aliphatic hydroxyl groups is 1. The Labute approximate surface area is 115 Å². The quantitative estimate of drug-likeness (QED) is 0.852. The fourth-order valence-electron chi connectivity index (χ4n) is 2.66. The van der Waals surface area contributed by atoms with Gasteiger partial charge in [-0.25, -0.2) is 0 Å². The second-order valence-electron chi connectivity index (χ2n) is 6.11. The van der Waals surface area contributed by atoms with Crippen LogP contribution >= 0.6 is 0 Å². The van der Waals surface area contributed by atoms with E-state index in [0.29, 0.717) is 0 Å². The maximum atomic E-state index is 10.8. The van der Waals surface area contributed by atoms with Crippen LogP contribution in [-0.2, 0) is 0 Å². The third kappa shape index (κ3) is 3.24. The first-order chi connectivity index (χ1) is 9.00. The Kier molecular flexibility index (Phi) is 4.06. The predicted molar refractivity (Wildman–Crippen MR) is 80.0 cm³/mol. The fourth-order valence-corrected chi connectivity index (χ4v) is 2.66. The number of benzene rings is 2. The largest absolute Gasteiger partial charge is 0.388 e. The van der Waals surface area contributed by atoms with Crippen LogP contribution in [0.5, 0.6) is 0 Å². The molecule has 1 heteroatoms. The first-order valence-corrected chi connectivity index (χ1v) is 6.78. The van der Waals surface area contributed by atoms with E-state index in [4.69, 9.17) is 0 Å². The molecule has 0 amide bonds. The van der Waals surface area contributed by atoms with Gasteiger partial charge in [-0.3, -0.25) is 0 Å². The molecule has 2 aromatic rings. The van der Waals surface area contributed by atoms with Gasteiger partial charge in [0.05, 0.1) is 6.10 Å². The monoisotopic (exact) mass is 254 g/mol. The molecule has 0 spiro atoms. The second kappa shape index (κ2) is 5.58. The van der Waals surface area contributed by atoms with E-state index in [1.54, 1.807) is 0 Å². The highest BCUT2D eigenvalue weighted by Crippen LogP contribution is 2.43. The third-order valence-electron chi connectivity index (χ3n) is 3.55. The van der Waals surface area contributed by atoms with Gasteiger partial charge in [-0.15, -0.1) is 0 Å². The van der Waals surface area contributed by atoms with Crippen LogP contribution < -0.4 is 0 Å². The lowest BCUT2D eigenvalue weighted by Crippen LogP contribution is -2.25. The summed E-state index contributed by atoms with van der Waals surface area (Å²) < 4.78 is 0. The molecule has 0 fully saturated rings. The van der Waals surface area contributed by atoms with Crippen LogP contribution in [-0.4, -0.2) is 5.11 Å². The first-order valence-electron chi connectivity index (χ1n) is 6.78. The van der Waals surface area contributed by atoms with Gasteiger partial charge < -0.3 is 5.11 Å². The van der Waals surface area contributed by atoms with E-state index in [1.165, 1.54) is 5.56 Å². The van der Waals surface area contributed by atoms with Crippen molar-refractivity contribution in [2.45, 2.75) is 32.8 Å². The summed E-state index contributed by atoms with van der Waals surface area (Å²) in [4.78, 5) is 0. The molecule has 2 atom stereocenters. The van der Waals surface area contributed by atoms with E-state index in [1.807, 2.05) is 48.5 Å². The molecule has 2 aromatic carbocycles. The summed E-state index contributed by atoms with van der Waals surface area (Å²) in [6.45, 7) is 6.53. The molecule has 2 unspecified atom stereocenters. The van der Waals surface area contributed by atoms with Gasteiger partial charge in [-0.2, -0.15) is 0 Å². The normalized spacial score (nSPS) is 14.9. The summed E-state index contributed by atoms with van der Waals surface area (Å²) >= 11 is 0. The highest BCUT2D eigenvalue weighted by Gasteiger charge is 2.33. The summed E-state index contributed by atoms with van der Waals surface area (Å²) in [7, 11) is 0. The van der Waals surface area contributed by atoms with Crippen molar-refractivity contribution in [3.8, 4) is 0 Å². The van der Waals surface area contributed by atoms with Crippen LogP contribution in [0.4, 0.5) is 0 Å². The first kappa shape index (κ1) is 13.8. The fraction of sp³-hybridized carbons (Fsp3) is 0.333. The van der Waals surface area contributed by atoms with E-state index in [2.05, 4.69) is 32.9 Å². The number of aliphatic hydroxyl groups excluding tert-OH is 1. The minimum Gasteiger partial charge on any atom is -0.388 e. The van der Waals surface area contributed by atoms with Crippen molar-refractivity contribution >= 4 is 0 Å². The minimum atomic E-state index is -0.483. The molecular formula is C18H22O. The SMILES string of the molecule is CC(C)(C)C(c1ccccc1)C(O)c1ccccc1. The molecule has 0 aliphatic heterocycles. The minimum absolute atomic E-state index is 0.00336. The van der Waals surface area contributed by atoms with Crippen molar-refractivity contribution in [2.24, 2.45) is 5.41 Å². The third-order valence-corrected chi connectivity index (χ3v) is 3.55. The maximum Gasteiger partial charge on any atom is 0.0863 e. The van der Waals surface area contributed by atoms with E-state index in [9.17, 15) is 5.11 Å². The van der Waals surface area contributed by atoms with E-state index < -0.39 is 6.10 Å². The summed E-state index contributed by atoms with van der Waals surface area (Å²) in [6.07, 6.45) is -0.483. The Hall–Kier alpha value is -1.60. The zero-order valence-corrected chi connectivity index (χ0v) is 11.9. The molecule has 1 N–H and O–H groups in total. The topological polar surface area (TPSA) is 20.2 Å². The molecule has 100 valence electrons. The molecule has 0 saturated heterocycles. The van der Waals surface area contributed by atoms with E-state index in [0.717, 1.165) is 5.56 Å². The van der Waals surface area contributed by atoms with Gasteiger partial charge in [0.25, 0.3) is 0 Å². The number of hydrogen-bond acceptors (Lipinski definition) is 1. The Morgan fingerprint density at radius 3 is 1.58 bits per heavy atom. The Morgan fingerprint density at radius 2 is 1.16 bits per heavy atom. The second-order valence-corrected chi connectivity index (χ2v) is 6.11. The van der Waals surface area contributed by atoms with Crippen molar-refractivity contribution in [1.82, 2.24) is 0 Å². The van der Waals surface area contributed by atoms with E-state index >= 15 is 0 Å². The molecule has 19 heavy (non-hydrogen) atoms. The molecule has 0 aliphatic carbocycles. The van der Waals surface area contributed by atoms with Gasteiger partial charge in [0.2, 0.25) is 0 Å². The van der Waals surface area contributed by atoms with E-state index in [-0.39, 0.29) is 11.3 Å². The summed E-state index contributed by atoms with van der Waals surface area (Å²) in [6, 6.07) is 20.2. The molecular weight excluding hydrogens is 232 g/mol. The molecule has 0 heterocycles. The van der Waals surface area contributed by atoms with Gasteiger partial charge in [-0.05, 0) is 16.5 Å². The Bertz CT molecular complexity index is 496. The van der Waals surface area contributed by atoms with Crippen LogP contribution in [0.25, 0.3) is 0 Å². The summed E-state index contributed by atoms with van der Waals surface area (Å²) in [5.74, 6) is 0.0797. The van der Waals surface area contributed by atoms with Gasteiger partial charge in [0.15, 0.2) is 0 Å². The van der Waals surface area contributed by atoms with Crippen molar-refractivity contribution in [2.75, 3.05) is 0 Å². The average molecular weight is 254 g/mol. The van der Waals surface area contributed by atoms with Gasteiger partial charge in [0, 0.05) is 5.92 Å². The van der Waals surface area contributed by atoms with Gasteiger partial charge in [-0.1, -0.05) is 81.4 Å². The smallest absolute Gasteiger partial charge is 0.0863 e. The summed E-state index contributed by atoms with van der Waals surface area (Å²) in [5.41, 5.74) is 2.16. The molecule has 0 aliphatic rings. The zero-order chi connectivity index (χ0) is 13.9. The lowest BCUT2D eigenvalue weighted by atomic mass is 9.72. The molecule has 0 bridgehead atoms. The molecule has 1 nitrogen and oxygen atoms in total. The number of rotatable bonds is 3. The van der Waals surface area contributed by atoms with Crippen LogP contribution in [0, 0.1) is 5.41 Å². The summed E-state index contributed by atoms with van der Waals surface area (Å²) in [5, 5.41) is 10.8. The molecule has 2 rings (SSSR count). The van der Waals surface area contributed by atoms with Crippen molar-refractivity contribution in [1.29, 1.82) is 0 Å². The van der Waals surface area contributed by atoms with Gasteiger partial charge in [0.1, 0.15) is 0 Å². The highest BCUT2D eigenvalue weighted by atomic mass is 16.3. The Morgan fingerprint density at radius 1 is 0.737 bits per heavy atom. The van der Waals surface area contributed by atoms with Crippen molar-refractivity contribution in [3.63, 3.8) is 0 Å². The van der Waals surface area contributed by atoms with Crippen LogP contribution in [0.1, 0.15) is 43.9 Å².